The Kier molecular flexibility index (Phi) is 3.15. The molecule has 0 saturated heterocycles. The predicted octanol–water partition coefficient (Wildman–Crippen LogP) is 2.11. The van der Waals surface area contributed by atoms with E-state index in [9.17, 15) is 8.42 Å². The zero-order chi connectivity index (χ0) is 15.4. The molecule has 0 unspecified atom stereocenters. The molecule has 1 heterocycles. The minimum absolute atomic E-state index is 0.370. The summed E-state index contributed by atoms with van der Waals surface area (Å²) in [6.07, 6.45) is 3.43. The van der Waals surface area contributed by atoms with Gasteiger partial charge in [0.05, 0.1) is 11.0 Å². The smallest absolute Gasteiger partial charge is 0.159 e. The molecule has 114 valence electrons. The van der Waals surface area contributed by atoms with Gasteiger partial charge in [0.2, 0.25) is 0 Å². The van der Waals surface area contributed by atoms with Crippen LogP contribution >= 0.6 is 0 Å². The number of fused-ring (bicyclic) bond motifs is 1. The molecule has 3 rings (SSSR count). The van der Waals surface area contributed by atoms with Crippen LogP contribution in [0.1, 0.15) is 44.1 Å². The summed E-state index contributed by atoms with van der Waals surface area (Å²) in [5.74, 6) is 0.636. The highest BCUT2D eigenvalue weighted by atomic mass is 32.2. The number of nitrogens with two attached hydrogens (primary N) is 1. The highest BCUT2D eigenvalue weighted by molar-refractivity contribution is 7.91. The number of sulfone groups is 1. The van der Waals surface area contributed by atoms with E-state index in [1.807, 2.05) is 18.2 Å². The number of nitrogens with zero attached hydrogens (tertiary/aromatic N) is 2. The van der Waals surface area contributed by atoms with Crippen molar-refractivity contribution in [2.24, 2.45) is 5.73 Å². The molecule has 1 aromatic carbocycles. The molecule has 2 aromatic rings. The Bertz CT molecular complexity index is 802. The first-order valence-electron chi connectivity index (χ1n) is 7.16. The lowest BCUT2D eigenvalue weighted by atomic mass is 10.2. The molecule has 21 heavy (non-hydrogen) atoms. The van der Waals surface area contributed by atoms with Crippen LogP contribution in [0.2, 0.25) is 0 Å². The highest BCUT2D eigenvalue weighted by Gasteiger charge is 2.40. The summed E-state index contributed by atoms with van der Waals surface area (Å²) in [7, 11) is -3.26. The predicted molar refractivity (Wildman–Crippen MR) is 83.8 cm³/mol. The van der Waals surface area contributed by atoms with Crippen LogP contribution in [-0.4, -0.2) is 24.2 Å². The minimum Gasteiger partial charge on any atom is -0.326 e. The van der Waals surface area contributed by atoms with E-state index < -0.39 is 14.6 Å². The number of benzene rings is 1. The molecule has 0 aliphatic heterocycles. The molecule has 0 bridgehead atoms. The first-order valence-corrected chi connectivity index (χ1v) is 9.06. The van der Waals surface area contributed by atoms with Gasteiger partial charge in [0.15, 0.2) is 9.84 Å². The second-order valence-electron chi connectivity index (χ2n) is 6.35. The molecule has 0 spiro atoms. The minimum atomic E-state index is -3.26. The van der Waals surface area contributed by atoms with Crippen molar-refractivity contribution in [2.75, 3.05) is 6.26 Å². The summed E-state index contributed by atoms with van der Waals surface area (Å²) >= 11 is 0. The summed E-state index contributed by atoms with van der Waals surface area (Å²) in [6, 6.07) is 6.32. The van der Waals surface area contributed by atoms with Crippen LogP contribution in [0.3, 0.4) is 0 Å². The Hall–Kier alpha value is -1.40. The molecule has 1 aliphatic rings. The molecule has 1 aromatic heterocycles. The Labute approximate surface area is 125 Å². The summed E-state index contributed by atoms with van der Waals surface area (Å²) in [5, 5.41) is 0. The number of imidazole rings is 1. The molecule has 6 heteroatoms. The van der Waals surface area contributed by atoms with Gasteiger partial charge in [-0.2, -0.15) is 0 Å². The average molecular weight is 307 g/mol. The molecule has 2 N–H and O–H groups in total. The quantitative estimate of drug-likeness (QED) is 0.938. The number of aromatic nitrogens is 2. The van der Waals surface area contributed by atoms with E-state index in [-0.39, 0.29) is 0 Å². The fraction of sp³-hybridized carbons (Fsp3) is 0.533. The van der Waals surface area contributed by atoms with Crippen LogP contribution in [0, 0.1) is 0 Å². The Balaban J connectivity index is 2.29. The van der Waals surface area contributed by atoms with Crippen molar-refractivity contribution in [1.82, 2.24) is 9.55 Å². The number of hydrogen-bond donors (Lipinski definition) is 1. The van der Waals surface area contributed by atoms with Crippen molar-refractivity contribution in [3.05, 3.63) is 29.6 Å². The molecule has 0 amide bonds. The van der Waals surface area contributed by atoms with E-state index in [0.29, 0.717) is 18.4 Å². The van der Waals surface area contributed by atoms with Crippen molar-refractivity contribution in [1.29, 1.82) is 0 Å². The number of hydrogen-bond acceptors (Lipinski definition) is 4. The third-order valence-electron chi connectivity index (χ3n) is 4.37. The summed E-state index contributed by atoms with van der Waals surface area (Å²) in [5.41, 5.74) is 8.52. The SMILES string of the molecule is CC(C)(c1nc2cc(CN)ccc2n1C1CC1)S(C)(=O)=O. The maximum Gasteiger partial charge on any atom is 0.159 e. The van der Waals surface area contributed by atoms with Crippen LogP contribution in [0.25, 0.3) is 11.0 Å². The van der Waals surface area contributed by atoms with Gasteiger partial charge >= 0.3 is 0 Å². The van der Waals surface area contributed by atoms with Crippen molar-refractivity contribution in [2.45, 2.75) is 44.0 Å². The van der Waals surface area contributed by atoms with Crippen LogP contribution in [0.15, 0.2) is 18.2 Å². The number of rotatable bonds is 4. The summed E-state index contributed by atoms with van der Waals surface area (Å²) in [4.78, 5) is 4.65. The monoisotopic (exact) mass is 307 g/mol. The fourth-order valence-electron chi connectivity index (χ4n) is 2.56. The van der Waals surface area contributed by atoms with Gasteiger partial charge in [-0.05, 0) is 44.4 Å². The third-order valence-corrected chi connectivity index (χ3v) is 6.40. The second-order valence-corrected chi connectivity index (χ2v) is 8.91. The Morgan fingerprint density at radius 1 is 1.38 bits per heavy atom. The first kappa shape index (κ1) is 14.5. The molecular weight excluding hydrogens is 286 g/mol. The zero-order valence-corrected chi connectivity index (χ0v) is 13.4. The molecule has 1 saturated carbocycles. The standard InChI is InChI=1S/C15H21N3O2S/c1-15(2,21(3,19)20)14-17-12-8-10(9-16)4-7-13(12)18(14)11-5-6-11/h4,7-8,11H,5-6,9,16H2,1-3H3. The normalized spacial score (nSPS) is 16.6. The summed E-state index contributed by atoms with van der Waals surface area (Å²) in [6.45, 7) is 3.91. The van der Waals surface area contributed by atoms with Gasteiger partial charge in [0, 0.05) is 18.8 Å². The lowest BCUT2D eigenvalue weighted by molar-refractivity contribution is 0.534. The van der Waals surface area contributed by atoms with Crippen molar-refractivity contribution >= 4 is 20.9 Å². The Morgan fingerprint density at radius 3 is 2.57 bits per heavy atom. The molecule has 0 atom stereocenters. The van der Waals surface area contributed by atoms with Gasteiger partial charge < -0.3 is 10.3 Å². The molecule has 1 fully saturated rings. The van der Waals surface area contributed by atoms with Gasteiger partial charge in [-0.25, -0.2) is 13.4 Å². The van der Waals surface area contributed by atoms with Crippen LogP contribution in [0.5, 0.6) is 0 Å². The highest BCUT2D eigenvalue weighted by Crippen LogP contribution is 2.42. The van der Waals surface area contributed by atoms with Crippen LogP contribution in [0.4, 0.5) is 0 Å². The molecule has 1 aliphatic carbocycles. The Morgan fingerprint density at radius 2 is 2.05 bits per heavy atom. The zero-order valence-electron chi connectivity index (χ0n) is 12.6. The van der Waals surface area contributed by atoms with Crippen molar-refractivity contribution in [3.8, 4) is 0 Å². The lowest BCUT2D eigenvalue weighted by Crippen LogP contribution is -2.31. The maximum atomic E-state index is 12.2. The molecule has 5 nitrogen and oxygen atoms in total. The second kappa shape index (κ2) is 4.55. The van der Waals surface area contributed by atoms with Crippen LogP contribution in [-0.2, 0) is 21.1 Å². The van der Waals surface area contributed by atoms with Crippen LogP contribution < -0.4 is 5.73 Å². The maximum absolute atomic E-state index is 12.2. The molecule has 0 radical (unpaired) electrons. The lowest BCUT2D eigenvalue weighted by Gasteiger charge is -2.23. The van der Waals surface area contributed by atoms with E-state index in [4.69, 9.17) is 5.73 Å². The van der Waals surface area contributed by atoms with Crippen molar-refractivity contribution < 1.29 is 8.42 Å². The third kappa shape index (κ3) is 2.26. The van der Waals surface area contributed by atoms with Gasteiger partial charge in [0.25, 0.3) is 0 Å². The largest absolute Gasteiger partial charge is 0.326 e. The topological polar surface area (TPSA) is 78.0 Å². The fourth-order valence-corrected chi connectivity index (χ4v) is 3.04. The van der Waals surface area contributed by atoms with Crippen molar-refractivity contribution in [3.63, 3.8) is 0 Å². The first-order chi connectivity index (χ1) is 9.75. The van der Waals surface area contributed by atoms with E-state index >= 15 is 0 Å². The van der Waals surface area contributed by atoms with Gasteiger partial charge in [-0.15, -0.1) is 0 Å². The summed E-state index contributed by atoms with van der Waals surface area (Å²) < 4.78 is 25.5. The average Bonchev–Trinajstić information content (AvgIpc) is 3.16. The van der Waals surface area contributed by atoms with E-state index in [1.165, 1.54) is 6.26 Å². The van der Waals surface area contributed by atoms with Gasteiger partial charge in [0.1, 0.15) is 10.6 Å². The van der Waals surface area contributed by atoms with E-state index in [0.717, 1.165) is 29.4 Å². The van der Waals surface area contributed by atoms with Gasteiger partial charge in [-0.3, -0.25) is 0 Å². The van der Waals surface area contributed by atoms with Gasteiger partial charge in [-0.1, -0.05) is 6.07 Å². The van der Waals surface area contributed by atoms with E-state index in [2.05, 4.69) is 9.55 Å². The molecular formula is C15H21N3O2S. The van der Waals surface area contributed by atoms with E-state index in [1.54, 1.807) is 13.8 Å².